The summed E-state index contributed by atoms with van der Waals surface area (Å²) in [6, 6.07) is 0.548. The van der Waals surface area contributed by atoms with E-state index >= 15 is 0 Å². The molecule has 0 saturated carbocycles. The van der Waals surface area contributed by atoms with Crippen LogP contribution in [0.5, 0.6) is 0 Å². The Morgan fingerprint density at radius 1 is 1.40 bits per heavy atom. The first-order chi connectivity index (χ1) is 9.70. The predicted octanol–water partition coefficient (Wildman–Crippen LogP) is 1.51. The van der Waals surface area contributed by atoms with Gasteiger partial charge in [-0.25, -0.2) is 4.98 Å². The van der Waals surface area contributed by atoms with Gasteiger partial charge in [-0.05, 0) is 39.4 Å². The number of hydrogen-bond acceptors (Lipinski definition) is 5. The van der Waals surface area contributed by atoms with Gasteiger partial charge < -0.3 is 15.1 Å². The standard InChI is InChI=1S/C15H27N5/c1-4-7-16-9-13-10-18-15(11-17-13)20(3)14-6-5-8-19(2)12-14/h10-11,14,16H,4-9,12H2,1-3H3. The highest BCUT2D eigenvalue weighted by atomic mass is 15.2. The molecule has 2 rings (SSSR count). The number of likely N-dealkylation sites (tertiary alicyclic amines) is 1. The number of nitrogens with one attached hydrogen (secondary N) is 1. The largest absolute Gasteiger partial charge is 0.354 e. The van der Waals surface area contributed by atoms with E-state index < -0.39 is 0 Å². The molecule has 1 unspecified atom stereocenters. The van der Waals surface area contributed by atoms with Gasteiger partial charge in [0.25, 0.3) is 0 Å². The summed E-state index contributed by atoms with van der Waals surface area (Å²) >= 11 is 0. The normalized spacial score (nSPS) is 20.1. The van der Waals surface area contributed by atoms with Gasteiger partial charge in [0.2, 0.25) is 0 Å². The second-order valence-electron chi connectivity index (χ2n) is 5.71. The fourth-order valence-corrected chi connectivity index (χ4v) is 2.66. The average molecular weight is 277 g/mol. The highest BCUT2D eigenvalue weighted by Crippen LogP contribution is 2.18. The Balaban J connectivity index is 1.91. The van der Waals surface area contributed by atoms with Gasteiger partial charge in [0.05, 0.1) is 18.1 Å². The van der Waals surface area contributed by atoms with E-state index in [0.29, 0.717) is 6.04 Å². The smallest absolute Gasteiger partial charge is 0.147 e. The minimum atomic E-state index is 0.548. The van der Waals surface area contributed by atoms with Gasteiger partial charge in [-0.15, -0.1) is 0 Å². The van der Waals surface area contributed by atoms with Crippen LogP contribution in [0.25, 0.3) is 0 Å². The van der Waals surface area contributed by atoms with Crippen LogP contribution < -0.4 is 10.2 Å². The molecule has 1 N–H and O–H groups in total. The Bertz CT molecular complexity index is 392. The molecule has 1 saturated heterocycles. The monoisotopic (exact) mass is 277 g/mol. The zero-order valence-corrected chi connectivity index (χ0v) is 13.0. The third-order valence-corrected chi connectivity index (χ3v) is 3.93. The molecule has 1 fully saturated rings. The van der Waals surface area contributed by atoms with E-state index in [0.717, 1.165) is 37.6 Å². The van der Waals surface area contributed by atoms with Gasteiger partial charge in [0.1, 0.15) is 5.82 Å². The van der Waals surface area contributed by atoms with Crippen molar-refractivity contribution in [1.29, 1.82) is 0 Å². The lowest BCUT2D eigenvalue weighted by atomic mass is 10.1. The quantitative estimate of drug-likeness (QED) is 0.799. The van der Waals surface area contributed by atoms with Crippen LogP contribution in [0.2, 0.25) is 0 Å². The molecule has 0 aromatic carbocycles. The molecule has 112 valence electrons. The van der Waals surface area contributed by atoms with E-state index in [-0.39, 0.29) is 0 Å². The first-order valence-electron chi connectivity index (χ1n) is 7.63. The number of piperidine rings is 1. The predicted molar refractivity (Wildman–Crippen MR) is 83.0 cm³/mol. The number of likely N-dealkylation sites (N-methyl/N-ethyl adjacent to an activating group) is 2. The number of anilines is 1. The van der Waals surface area contributed by atoms with Crippen LogP contribution >= 0.6 is 0 Å². The zero-order chi connectivity index (χ0) is 14.4. The number of aromatic nitrogens is 2. The molecule has 1 aromatic rings. The van der Waals surface area contributed by atoms with Crippen LogP contribution in [0, 0.1) is 0 Å². The van der Waals surface area contributed by atoms with Crippen molar-refractivity contribution in [2.24, 2.45) is 0 Å². The van der Waals surface area contributed by atoms with Crippen molar-refractivity contribution in [2.45, 2.75) is 38.8 Å². The van der Waals surface area contributed by atoms with Crippen molar-refractivity contribution in [1.82, 2.24) is 20.2 Å². The highest BCUT2D eigenvalue weighted by Gasteiger charge is 2.22. The van der Waals surface area contributed by atoms with Crippen LogP contribution in [0.4, 0.5) is 5.82 Å². The maximum atomic E-state index is 4.56. The molecule has 0 bridgehead atoms. The van der Waals surface area contributed by atoms with Crippen molar-refractivity contribution in [3.63, 3.8) is 0 Å². The SMILES string of the molecule is CCCNCc1cnc(N(C)C2CCCN(C)C2)cn1. The van der Waals surface area contributed by atoms with E-state index in [1.807, 2.05) is 12.4 Å². The molecule has 2 heterocycles. The van der Waals surface area contributed by atoms with E-state index in [1.54, 1.807) is 0 Å². The summed E-state index contributed by atoms with van der Waals surface area (Å²) in [4.78, 5) is 13.7. The second-order valence-corrected chi connectivity index (χ2v) is 5.71. The van der Waals surface area contributed by atoms with Crippen molar-refractivity contribution in [2.75, 3.05) is 38.6 Å². The summed E-state index contributed by atoms with van der Waals surface area (Å²) in [5.74, 6) is 0.976. The maximum absolute atomic E-state index is 4.56. The molecule has 0 radical (unpaired) electrons. The summed E-state index contributed by atoms with van der Waals surface area (Å²) in [7, 11) is 4.32. The molecular weight excluding hydrogens is 250 g/mol. The number of nitrogens with zero attached hydrogens (tertiary/aromatic N) is 4. The Morgan fingerprint density at radius 2 is 2.25 bits per heavy atom. The van der Waals surface area contributed by atoms with Crippen LogP contribution in [0.3, 0.4) is 0 Å². The summed E-state index contributed by atoms with van der Waals surface area (Å²) in [6.07, 6.45) is 7.43. The van der Waals surface area contributed by atoms with Gasteiger partial charge in [-0.2, -0.15) is 0 Å². The molecule has 0 amide bonds. The van der Waals surface area contributed by atoms with Crippen LogP contribution in [0.1, 0.15) is 31.9 Å². The fraction of sp³-hybridized carbons (Fsp3) is 0.733. The van der Waals surface area contributed by atoms with Gasteiger partial charge in [0.15, 0.2) is 0 Å². The summed E-state index contributed by atoms with van der Waals surface area (Å²) in [5, 5.41) is 3.35. The molecule has 5 heteroatoms. The van der Waals surface area contributed by atoms with Gasteiger partial charge in [-0.1, -0.05) is 6.92 Å². The first kappa shape index (κ1) is 15.2. The Morgan fingerprint density at radius 3 is 2.90 bits per heavy atom. The Kier molecular flexibility index (Phi) is 5.73. The molecule has 1 aliphatic rings. The van der Waals surface area contributed by atoms with E-state index in [2.05, 4.69) is 46.1 Å². The summed E-state index contributed by atoms with van der Waals surface area (Å²) < 4.78 is 0. The highest BCUT2D eigenvalue weighted by molar-refractivity contribution is 5.36. The molecule has 1 atom stereocenters. The molecule has 1 aromatic heterocycles. The van der Waals surface area contributed by atoms with Crippen LogP contribution in [-0.4, -0.2) is 54.6 Å². The van der Waals surface area contributed by atoms with Gasteiger partial charge in [0, 0.05) is 26.2 Å². The fourth-order valence-electron chi connectivity index (χ4n) is 2.66. The van der Waals surface area contributed by atoms with Crippen molar-refractivity contribution < 1.29 is 0 Å². The topological polar surface area (TPSA) is 44.3 Å². The van der Waals surface area contributed by atoms with Gasteiger partial charge in [-0.3, -0.25) is 4.98 Å². The number of rotatable bonds is 6. The summed E-state index contributed by atoms with van der Waals surface area (Å²) in [6.45, 7) is 6.31. The maximum Gasteiger partial charge on any atom is 0.147 e. The van der Waals surface area contributed by atoms with Crippen molar-refractivity contribution >= 4 is 5.82 Å². The Hall–Kier alpha value is -1.20. The lowest BCUT2D eigenvalue weighted by Gasteiger charge is -2.36. The van der Waals surface area contributed by atoms with E-state index in [4.69, 9.17) is 0 Å². The zero-order valence-electron chi connectivity index (χ0n) is 13.0. The molecule has 1 aliphatic heterocycles. The third kappa shape index (κ3) is 4.15. The second kappa shape index (κ2) is 7.55. The first-order valence-corrected chi connectivity index (χ1v) is 7.63. The van der Waals surface area contributed by atoms with E-state index in [9.17, 15) is 0 Å². The lowest BCUT2D eigenvalue weighted by molar-refractivity contribution is 0.247. The molecule has 0 aliphatic carbocycles. The summed E-state index contributed by atoms with van der Waals surface area (Å²) in [5.41, 5.74) is 1.01. The molecule has 0 spiro atoms. The van der Waals surface area contributed by atoms with Gasteiger partial charge >= 0.3 is 0 Å². The van der Waals surface area contributed by atoms with Crippen molar-refractivity contribution in [3.8, 4) is 0 Å². The minimum Gasteiger partial charge on any atom is -0.354 e. The molecule has 20 heavy (non-hydrogen) atoms. The van der Waals surface area contributed by atoms with Crippen molar-refractivity contribution in [3.05, 3.63) is 18.1 Å². The third-order valence-electron chi connectivity index (χ3n) is 3.93. The lowest BCUT2D eigenvalue weighted by Crippen LogP contribution is -2.45. The van der Waals surface area contributed by atoms with Crippen LogP contribution in [0.15, 0.2) is 12.4 Å². The average Bonchev–Trinajstić information content (AvgIpc) is 2.47. The molecular formula is C15H27N5. The molecule has 5 nitrogen and oxygen atoms in total. The number of hydrogen-bond donors (Lipinski definition) is 1. The minimum absolute atomic E-state index is 0.548. The van der Waals surface area contributed by atoms with Crippen LogP contribution in [-0.2, 0) is 6.54 Å². The van der Waals surface area contributed by atoms with E-state index in [1.165, 1.54) is 19.4 Å². The Labute approximate surface area is 122 Å².